The molecule has 0 spiro atoms. The Morgan fingerprint density at radius 1 is 1.29 bits per heavy atom. The topological polar surface area (TPSA) is 56.2 Å². The average Bonchev–Trinajstić information content (AvgIpc) is 2.74. The van der Waals surface area contributed by atoms with Gasteiger partial charge < -0.3 is 10.1 Å². The largest absolute Gasteiger partial charge is 0.573 e. The molecule has 0 aliphatic heterocycles. The minimum absolute atomic E-state index is 0.336. The molecule has 0 aliphatic rings. The van der Waals surface area contributed by atoms with Crippen molar-refractivity contribution in [3.8, 4) is 5.75 Å². The van der Waals surface area contributed by atoms with E-state index in [1.807, 2.05) is 13.8 Å². The summed E-state index contributed by atoms with van der Waals surface area (Å²) in [6.07, 6.45) is -4.75. The van der Waals surface area contributed by atoms with Gasteiger partial charge in [0.1, 0.15) is 11.8 Å². The summed E-state index contributed by atoms with van der Waals surface area (Å²) < 4.78 is 42.5. The van der Waals surface area contributed by atoms with Gasteiger partial charge in [-0.25, -0.2) is 0 Å². The summed E-state index contributed by atoms with van der Waals surface area (Å²) in [5.41, 5.74) is 1.94. The monoisotopic (exact) mass is 405 g/mol. The number of hydrogen-bond acceptors (Lipinski definition) is 3. The molecule has 0 saturated carbocycles. The highest BCUT2D eigenvalue weighted by molar-refractivity contribution is 9.10. The smallest absolute Gasteiger partial charge is 0.406 e. The van der Waals surface area contributed by atoms with Crippen molar-refractivity contribution in [1.82, 2.24) is 9.78 Å². The summed E-state index contributed by atoms with van der Waals surface area (Å²) in [4.78, 5) is 12.3. The minimum atomic E-state index is -4.75. The highest BCUT2D eigenvalue weighted by Gasteiger charge is 2.31. The van der Waals surface area contributed by atoms with Crippen LogP contribution in [-0.2, 0) is 4.79 Å². The number of nitrogens with one attached hydrogen (secondary N) is 1. The molecule has 2 aromatic rings. The van der Waals surface area contributed by atoms with Crippen molar-refractivity contribution < 1.29 is 22.7 Å². The van der Waals surface area contributed by atoms with Gasteiger partial charge >= 0.3 is 6.36 Å². The van der Waals surface area contributed by atoms with Crippen LogP contribution < -0.4 is 10.1 Å². The van der Waals surface area contributed by atoms with Gasteiger partial charge in [0.05, 0.1) is 15.9 Å². The highest BCUT2D eigenvalue weighted by Crippen LogP contribution is 2.25. The Labute approximate surface area is 144 Å². The molecule has 1 amide bonds. The van der Waals surface area contributed by atoms with E-state index >= 15 is 0 Å². The lowest BCUT2D eigenvalue weighted by molar-refractivity contribution is -0.274. The molecule has 1 heterocycles. The maximum atomic E-state index is 12.3. The lowest BCUT2D eigenvalue weighted by Gasteiger charge is -2.15. The number of benzene rings is 1. The number of aromatic nitrogens is 2. The molecule has 1 aromatic heterocycles. The van der Waals surface area contributed by atoms with Crippen LogP contribution in [0.25, 0.3) is 0 Å². The van der Waals surface area contributed by atoms with Crippen LogP contribution in [0.1, 0.15) is 24.4 Å². The molecule has 0 bridgehead atoms. The third-order valence-corrected chi connectivity index (χ3v) is 4.49. The van der Waals surface area contributed by atoms with E-state index in [0.717, 1.165) is 28.0 Å². The third-order valence-electron chi connectivity index (χ3n) is 3.34. The number of ether oxygens (including phenoxy) is 1. The van der Waals surface area contributed by atoms with Crippen LogP contribution in [0, 0.1) is 13.8 Å². The van der Waals surface area contributed by atoms with Crippen molar-refractivity contribution in [3.63, 3.8) is 0 Å². The van der Waals surface area contributed by atoms with Crippen LogP contribution >= 0.6 is 15.9 Å². The molecule has 1 N–H and O–H groups in total. The fraction of sp³-hybridized carbons (Fsp3) is 0.333. The first-order valence-electron chi connectivity index (χ1n) is 6.96. The van der Waals surface area contributed by atoms with Gasteiger partial charge in [-0.3, -0.25) is 9.48 Å². The van der Waals surface area contributed by atoms with Gasteiger partial charge in [0.25, 0.3) is 0 Å². The number of hydrogen-bond donors (Lipinski definition) is 1. The van der Waals surface area contributed by atoms with E-state index in [2.05, 4.69) is 31.1 Å². The molecule has 9 heteroatoms. The first-order chi connectivity index (χ1) is 11.1. The summed E-state index contributed by atoms with van der Waals surface area (Å²) in [6.45, 7) is 5.33. The molecule has 2 rings (SSSR count). The van der Waals surface area contributed by atoms with Crippen molar-refractivity contribution >= 4 is 27.5 Å². The van der Waals surface area contributed by atoms with E-state index < -0.39 is 12.4 Å². The lowest BCUT2D eigenvalue weighted by Crippen LogP contribution is -2.25. The summed E-state index contributed by atoms with van der Waals surface area (Å²) in [5.74, 6) is -0.686. The van der Waals surface area contributed by atoms with Crippen molar-refractivity contribution in [1.29, 1.82) is 0 Å². The maximum absolute atomic E-state index is 12.3. The Morgan fingerprint density at radius 2 is 1.88 bits per heavy atom. The number of carbonyl (C=O) groups excluding carboxylic acids is 1. The molecule has 130 valence electrons. The zero-order valence-electron chi connectivity index (χ0n) is 13.1. The van der Waals surface area contributed by atoms with Crippen LogP contribution in [0.2, 0.25) is 0 Å². The zero-order valence-corrected chi connectivity index (χ0v) is 14.7. The molecular weight excluding hydrogens is 391 g/mol. The quantitative estimate of drug-likeness (QED) is 0.821. The van der Waals surface area contributed by atoms with Gasteiger partial charge in [-0.05, 0) is 61.0 Å². The summed E-state index contributed by atoms with van der Waals surface area (Å²) in [5, 5.41) is 6.93. The van der Waals surface area contributed by atoms with Crippen LogP contribution in [-0.4, -0.2) is 22.1 Å². The second kappa shape index (κ2) is 6.84. The molecule has 1 unspecified atom stereocenters. The Bertz CT molecular complexity index is 742. The number of aryl methyl sites for hydroxylation is 1. The van der Waals surface area contributed by atoms with Gasteiger partial charge in [0.15, 0.2) is 0 Å². The number of nitrogens with zero attached hydrogens (tertiary/aromatic N) is 2. The SMILES string of the molecule is Cc1nn(C(C)C(=O)Nc2ccc(OC(F)(F)F)cc2)c(C)c1Br. The van der Waals surface area contributed by atoms with Gasteiger partial charge in [-0.1, -0.05) is 0 Å². The Kier molecular flexibility index (Phi) is 5.22. The molecule has 0 aliphatic carbocycles. The summed E-state index contributed by atoms with van der Waals surface area (Å²) in [7, 11) is 0. The van der Waals surface area contributed by atoms with E-state index in [9.17, 15) is 18.0 Å². The van der Waals surface area contributed by atoms with E-state index in [4.69, 9.17) is 0 Å². The number of anilines is 1. The number of alkyl halides is 3. The van der Waals surface area contributed by atoms with E-state index in [1.165, 1.54) is 12.1 Å². The van der Waals surface area contributed by atoms with Crippen molar-refractivity contribution in [2.45, 2.75) is 33.2 Å². The van der Waals surface area contributed by atoms with E-state index in [1.54, 1.807) is 11.6 Å². The van der Waals surface area contributed by atoms with Crippen molar-refractivity contribution in [2.75, 3.05) is 5.32 Å². The standard InChI is InChI=1S/C15H15BrF3N3O2/c1-8-13(16)9(2)22(21-8)10(3)14(23)20-11-4-6-12(7-5-11)24-15(17,18)19/h4-7,10H,1-3H3,(H,20,23). The molecular formula is C15H15BrF3N3O2. The average molecular weight is 406 g/mol. The highest BCUT2D eigenvalue weighted by atomic mass is 79.9. The first kappa shape index (κ1) is 18.3. The zero-order chi connectivity index (χ0) is 18.1. The molecule has 0 saturated heterocycles. The van der Waals surface area contributed by atoms with Gasteiger partial charge in [0, 0.05) is 5.69 Å². The van der Waals surface area contributed by atoms with Crippen molar-refractivity contribution in [2.24, 2.45) is 0 Å². The predicted molar refractivity (Wildman–Crippen MR) is 85.9 cm³/mol. The van der Waals surface area contributed by atoms with Crippen LogP contribution in [0.15, 0.2) is 28.7 Å². The Hall–Kier alpha value is -2.03. The minimum Gasteiger partial charge on any atom is -0.406 e. The second-order valence-electron chi connectivity index (χ2n) is 5.17. The Balaban J connectivity index is 2.07. The number of carbonyl (C=O) groups is 1. The fourth-order valence-electron chi connectivity index (χ4n) is 2.12. The molecule has 0 fully saturated rings. The first-order valence-corrected chi connectivity index (χ1v) is 7.75. The summed E-state index contributed by atoms with van der Waals surface area (Å²) in [6, 6.07) is 4.36. The number of halogens is 4. The molecule has 1 atom stereocenters. The normalized spacial score (nSPS) is 12.8. The molecule has 5 nitrogen and oxygen atoms in total. The van der Waals surface area contributed by atoms with Gasteiger partial charge in [-0.15, -0.1) is 13.2 Å². The molecule has 0 radical (unpaired) electrons. The van der Waals surface area contributed by atoms with E-state index in [-0.39, 0.29) is 11.7 Å². The third kappa shape index (κ3) is 4.28. The fourth-order valence-corrected chi connectivity index (χ4v) is 2.38. The van der Waals surface area contributed by atoms with E-state index in [0.29, 0.717) is 5.69 Å². The predicted octanol–water partition coefficient (Wildman–Crippen LogP) is 4.36. The molecule has 1 aromatic carbocycles. The number of amides is 1. The number of rotatable bonds is 4. The second-order valence-corrected chi connectivity index (χ2v) is 5.96. The van der Waals surface area contributed by atoms with Crippen LogP contribution in [0.5, 0.6) is 5.75 Å². The Morgan fingerprint density at radius 3 is 2.33 bits per heavy atom. The maximum Gasteiger partial charge on any atom is 0.573 e. The summed E-state index contributed by atoms with van der Waals surface area (Å²) >= 11 is 3.40. The van der Waals surface area contributed by atoms with Crippen molar-refractivity contribution in [3.05, 3.63) is 40.1 Å². The lowest BCUT2D eigenvalue weighted by atomic mass is 10.2. The van der Waals surface area contributed by atoms with Gasteiger partial charge in [0.2, 0.25) is 5.91 Å². The van der Waals surface area contributed by atoms with Gasteiger partial charge in [-0.2, -0.15) is 5.10 Å². The van der Waals surface area contributed by atoms with Crippen LogP contribution in [0.3, 0.4) is 0 Å². The van der Waals surface area contributed by atoms with Crippen LogP contribution in [0.4, 0.5) is 18.9 Å². The molecule has 24 heavy (non-hydrogen) atoms.